The minimum atomic E-state index is -0.423. The normalized spacial score (nSPS) is 12.8. The molecule has 0 fully saturated rings. The highest BCUT2D eigenvalue weighted by molar-refractivity contribution is 7.29. The third-order valence-electron chi connectivity index (χ3n) is 4.02. The van der Waals surface area contributed by atoms with Crippen LogP contribution in [0.4, 0.5) is 0 Å². The molecular weight excluding hydrogens is 336 g/mol. The van der Waals surface area contributed by atoms with E-state index in [0.29, 0.717) is 6.42 Å². The standard InChI is InChI=1S/C18H16N4S2/c1-10-8-22-9-12(3-15(22)11(2)21-10)16-6-18-17(24-16)5-14(23-18)4-13(20)7-19/h3,5-6,8-9,13H,4,20H2,1-2H3. The molecule has 0 amide bonds. The van der Waals surface area contributed by atoms with Crippen LogP contribution in [0.2, 0.25) is 0 Å². The molecule has 1 unspecified atom stereocenters. The quantitative estimate of drug-likeness (QED) is 0.598. The fourth-order valence-electron chi connectivity index (χ4n) is 2.95. The van der Waals surface area contributed by atoms with Crippen LogP contribution in [0, 0.1) is 25.2 Å². The van der Waals surface area contributed by atoms with Crippen molar-refractivity contribution < 1.29 is 0 Å². The molecule has 120 valence electrons. The summed E-state index contributed by atoms with van der Waals surface area (Å²) in [7, 11) is 0. The fourth-order valence-corrected chi connectivity index (χ4v) is 5.42. The summed E-state index contributed by atoms with van der Waals surface area (Å²) in [6.07, 6.45) is 4.85. The number of fused-ring (bicyclic) bond motifs is 2. The molecule has 0 spiro atoms. The second-order valence-electron chi connectivity index (χ2n) is 5.98. The topological polar surface area (TPSA) is 67.1 Å². The van der Waals surface area contributed by atoms with Crippen molar-refractivity contribution in [3.05, 3.63) is 46.9 Å². The number of nitrogens with zero attached hydrogens (tertiary/aromatic N) is 3. The monoisotopic (exact) mass is 352 g/mol. The highest BCUT2D eigenvalue weighted by atomic mass is 32.1. The van der Waals surface area contributed by atoms with Gasteiger partial charge in [-0.1, -0.05) is 0 Å². The number of thiophene rings is 2. The molecule has 0 aliphatic rings. The van der Waals surface area contributed by atoms with E-state index >= 15 is 0 Å². The third kappa shape index (κ3) is 2.61. The summed E-state index contributed by atoms with van der Waals surface area (Å²) in [6.45, 7) is 4.06. The predicted molar refractivity (Wildman–Crippen MR) is 101 cm³/mol. The van der Waals surface area contributed by atoms with E-state index in [-0.39, 0.29) is 0 Å². The molecule has 0 aromatic carbocycles. The van der Waals surface area contributed by atoms with Crippen LogP contribution in [-0.4, -0.2) is 15.4 Å². The number of aryl methyl sites for hydroxylation is 2. The van der Waals surface area contributed by atoms with Crippen LogP contribution in [0.15, 0.2) is 30.6 Å². The maximum atomic E-state index is 8.85. The van der Waals surface area contributed by atoms with Gasteiger partial charge in [0, 0.05) is 43.5 Å². The maximum Gasteiger partial charge on any atom is 0.0976 e. The lowest BCUT2D eigenvalue weighted by molar-refractivity contribution is 0.835. The molecule has 6 heteroatoms. The van der Waals surface area contributed by atoms with Gasteiger partial charge in [-0.15, -0.1) is 22.7 Å². The maximum absolute atomic E-state index is 8.85. The molecule has 0 saturated carbocycles. The first kappa shape index (κ1) is 15.3. The third-order valence-corrected chi connectivity index (χ3v) is 6.38. The first-order valence-electron chi connectivity index (χ1n) is 7.67. The molecule has 0 aliphatic heterocycles. The molecule has 4 rings (SSSR count). The van der Waals surface area contributed by atoms with E-state index < -0.39 is 6.04 Å². The van der Waals surface area contributed by atoms with E-state index in [9.17, 15) is 0 Å². The Labute approximate surface area is 147 Å². The Morgan fingerprint density at radius 2 is 2.00 bits per heavy atom. The van der Waals surface area contributed by atoms with Gasteiger partial charge in [0.05, 0.1) is 29.0 Å². The second-order valence-corrected chi connectivity index (χ2v) is 8.23. The lowest BCUT2D eigenvalue weighted by Gasteiger charge is -1.99. The number of nitriles is 1. The van der Waals surface area contributed by atoms with Crippen LogP contribution in [-0.2, 0) is 6.42 Å². The summed E-state index contributed by atoms with van der Waals surface area (Å²) in [5, 5.41) is 8.85. The predicted octanol–water partition coefficient (Wildman–Crippen LogP) is 4.29. The molecule has 24 heavy (non-hydrogen) atoms. The largest absolute Gasteiger partial charge is 0.320 e. The molecule has 4 nitrogen and oxygen atoms in total. The van der Waals surface area contributed by atoms with Gasteiger partial charge in [0.15, 0.2) is 0 Å². The molecule has 1 atom stereocenters. The van der Waals surface area contributed by atoms with Crippen molar-refractivity contribution in [3.63, 3.8) is 0 Å². The SMILES string of the molecule is Cc1cn2cc(-c3cc4sc(CC(N)C#N)cc4s3)cc2c(C)n1. The minimum Gasteiger partial charge on any atom is -0.320 e. The average molecular weight is 352 g/mol. The van der Waals surface area contributed by atoms with Crippen LogP contribution in [0.25, 0.3) is 25.4 Å². The van der Waals surface area contributed by atoms with Gasteiger partial charge in [-0.05, 0) is 32.0 Å². The molecule has 4 aromatic rings. The van der Waals surface area contributed by atoms with Crippen molar-refractivity contribution >= 4 is 37.6 Å². The number of rotatable bonds is 3. The first-order chi connectivity index (χ1) is 11.5. The molecule has 2 N–H and O–H groups in total. The summed E-state index contributed by atoms with van der Waals surface area (Å²) in [4.78, 5) is 6.97. The summed E-state index contributed by atoms with van der Waals surface area (Å²) >= 11 is 3.51. The molecule has 0 aliphatic carbocycles. The van der Waals surface area contributed by atoms with Gasteiger partial charge in [0.1, 0.15) is 0 Å². The number of nitrogens with two attached hydrogens (primary N) is 1. The highest BCUT2D eigenvalue weighted by Crippen LogP contribution is 2.39. The van der Waals surface area contributed by atoms with Crippen molar-refractivity contribution in [2.24, 2.45) is 5.73 Å². The van der Waals surface area contributed by atoms with Crippen LogP contribution < -0.4 is 5.73 Å². The number of aromatic nitrogens is 2. The Hall–Kier alpha value is -2.20. The fraction of sp³-hybridized carbons (Fsp3) is 0.222. The lowest BCUT2D eigenvalue weighted by atomic mass is 10.2. The summed E-state index contributed by atoms with van der Waals surface area (Å²) in [5.41, 5.74) is 10.2. The first-order valence-corrected chi connectivity index (χ1v) is 9.30. The Balaban J connectivity index is 1.73. The van der Waals surface area contributed by atoms with E-state index in [1.54, 1.807) is 22.7 Å². The zero-order valence-corrected chi connectivity index (χ0v) is 15.0. The molecule has 0 saturated heterocycles. The Morgan fingerprint density at radius 3 is 2.75 bits per heavy atom. The second kappa shape index (κ2) is 5.71. The molecule has 4 aromatic heterocycles. The molecule has 0 bridgehead atoms. The Morgan fingerprint density at radius 1 is 1.21 bits per heavy atom. The zero-order valence-electron chi connectivity index (χ0n) is 13.4. The van der Waals surface area contributed by atoms with Gasteiger partial charge in [-0.25, -0.2) is 0 Å². The van der Waals surface area contributed by atoms with E-state index in [1.165, 1.54) is 24.7 Å². The lowest BCUT2D eigenvalue weighted by Crippen LogP contribution is -2.19. The minimum absolute atomic E-state index is 0.423. The summed E-state index contributed by atoms with van der Waals surface area (Å²) in [5.74, 6) is 0. The summed E-state index contributed by atoms with van der Waals surface area (Å²) < 4.78 is 4.67. The molecule has 4 heterocycles. The Bertz CT molecular complexity index is 1060. The van der Waals surface area contributed by atoms with Crippen LogP contribution >= 0.6 is 22.7 Å². The number of hydrogen-bond donors (Lipinski definition) is 1. The zero-order chi connectivity index (χ0) is 16.8. The van der Waals surface area contributed by atoms with Crippen LogP contribution in [0.1, 0.15) is 16.3 Å². The van der Waals surface area contributed by atoms with Gasteiger partial charge in [-0.2, -0.15) is 5.26 Å². The Kier molecular flexibility index (Phi) is 3.65. The van der Waals surface area contributed by atoms with E-state index in [4.69, 9.17) is 11.0 Å². The van der Waals surface area contributed by atoms with E-state index in [0.717, 1.165) is 16.9 Å². The number of hydrogen-bond acceptors (Lipinski definition) is 5. The van der Waals surface area contributed by atoms with Crippen molar-refractivity contribution in [2.75, 3.05) is 0 Å². The average Bonchev–Trinajstić information content (AvgIpc) is 3.18. The van der Waals surface area contributed by atoms with Gasteiger partial charge < -0.3 is 10.1 Å². The molecule has 0 radical (unpaired) electrons. The van der Waals surface area contributed by atoms with Gasteiger partial charge >= 0.3 is 0 Å². The van der Waals surface area contributed by atoms with E-state index in [1.807, 2.05) is 13.8 Å². The van der Waals surface area contributed by atoms with E-state index in [2.05, 4.69) is 46.0 Å². The molecular formula is C18H16N4S2. The highest BCUT2D eigenvalue weighted by Gasteiger charge is 2.13. The summed E-state index contributed by atoms with van der Waals surface area (Å²) in [6, 6.07) is 8.26. The smallest absolute Gasteiger partial charge is 0.0976 e. The van der Waals surface area contributed by atoms with Crippen LogP contribution in [0.5, 0.6) is 0 Å². The van der Waals surface area contributed by atoms with Gasteiger partial charge in [-0.3, -0.25) is 4.98 Å². The van der Waals surface area contributed by atoms with Crippen molar-refractivity contribution in [1.29, 1.82) is 5.26 Å². The van der Waals surface area contributed by atoms with Crippen molar-refractivity contribution in [1.82, 2.24) is 9.38 Å². The van der Waals surface area contributed by atoms with Crippen molar-refractivity contribution in [2.45, 2.75) is 26.3 Å². The van der Waals surface area contributed by atoms with Crippen LogP contribution in [0.3, 0.4) is 0 Å². The van der Waals surface area contributed by atoms with Gasteiger partial charge in [0.25, 0.3) is 0 Å². The van der Waals surface area contributed by atoms with Crippen molar-refractivity contribution in [3.8, 4) is 16.5 Å². The van der Waals surface area contributed by atoms with Gasteiger partial charge in [0.2, 0.25) is 0 Å².